The number of nitrogens with two attached hydrogens (primary N) is 1. The molecular weight excluding hydrogens is 216 g/mol. The van der Waals surface area contributed by atoms with Crippen molar-refractivity contribution in [1.82, 2.24) is 10.3 Å². The minimum absolute atomic E-state index is 0.0992. The number of nitrogens with one attached hydrogen (secondary N) is 1. The number of amides is 1. The van der Waals surface area contributed by atoms with E-state index >= 15 is 0 Å². The Bertz CT molecular complexity index is 349. The number of pyridine rings is 1. The first-order chi connectivity index (χ1) is 7.02. The minimum atomic E-state index is -0.0992. The first-order valence-corrected chi connectivity index (χ1v) is 4.75. The molecular formula is C9H13ClN4O. The van der Waals surface area contributed by atoms with Crippen LogP contribution in [0.1, 0.15) is 0 Å². The Morgan fingerprint density at radius 3 is 2.87 bits per heavy atom. The van der Waals surface area contributed by atoms with Crippen molar-refractivity contribution in [2.24, 2.45) is 0 Å². The molecule has 0 radical (unpaired) electrons. The van der Waals surface area contributed by atoms with E-state index < -0.39 is 0 Å². The second kappa shape index (κ2) is 4.84. The molecule has 5 nitrogen and oxygen atoms in total. The van der Waals surface area contributed by atoms with Gasteiger partial charge in [0, 0.05) is 25.8 Å². The van der Waals surface area contributed by atoms with Gasteiger partial charge in [-0.05, 0) is 6.07 Å². The highest BCUT2D eigenvalue weighted by atomic mass is 35.5. The van der Waals surface area contributed by atoms with Crippen molar-refractivity contribution < 1.29 is 4.79 Å². The summed E-state index contributed by atoms with van der Waals surface area (Å²) in [6, 6.07) is 3.22. The summed E-state index contributed by atoms with van der Waals surface area (Å²) in [6.45, 7) is 0.212. The number of carbonyl (C=O) groups is 1. The van der Waals surface area contributed by atoms with Crippen LogP contribution in [0.25, 0.3) is 0 Å². The van der Waals surface area contributed by atoms with E-state index in [0.717, 1.165) is 0 Å². The zero-order chi connectivity index (χ0) is 11.4. The van der Waals surface area contributed by atoms with Crippen LogP contribution in [0.5, 0.6) is 0 Å². The van der Waals surface area contributed by atoms with E-state index in [1.54, 1.807) is 31.1 Å². The fraction of sp³-hybridized carbons (Fsp3) is 0.333. The fourth-order valence-electron chi connectivity index (χ4n) is 1.07. The number of likely N-dealkylation sites (N-methyl/N-ethyl adjacent to an activating group) is 2. The summed E-state index contributed by atoms with van der Waals surface area (Å²) in [5.41, 5.74) is 6.13. The zero-order valence-corrected chi connectivity index (χ0v) is 9.38. The molecule has 0 aliphatic rings. The lowest BCUT2D eigenvalue weighted by molar-refractivity contribution is -0.119. The van der Waals surface area contributed by atoms with Gasteiger partial charge in [0.15, 0.2) is 0 Å². The number of hydrogen-bond acceptors (Lipinski definition) is 4. The van der Waals surface area contributed by atoms with Gasteiger partial charge in [-0.15, -0.1) is 0 Å². The summed E-state index contributed by atoms with van der Waals surface area (Å²) in [7, 11) is 3.32. The number of aromatic nitrogens is 1. The predicted octanol–water partition coefficient (Wildman–Crippen LogP) is 0.499. The van der Waals surface area contributed by atoms with Gasteiger partial charge in [0.1, 0.15) is 11.0 Å². The monoisotopic (exact) mass is 228 g/mol. The quantitative estimate of drug-likeness (QED) is 0.740. The summed E-state index contributed by atoms with van der Waals surface area (Å²) >= 11 is 5.75. The standard InChI is InChI=1S/C9H13ClN4O/c1-12-9(15)5-14(2)8-4-6(11)3-7(10)13-8/h3-4H,5H2,1-2H3,(H2,11,13)(H,12,15). The van der Waals surface area contributed by atoms with Crippen LogP contribution in [0, 0.1) is 0 Å². The third-order valence-electron chi connectivity index (χ3n) is 1.85. The van der Waals surface area contributed by atoms with Gasteiger partial charge < -0.3 is 16.0 Å². The number of hydrogen-bond donors (Lipinski definition) is 2. The second-order valence-corrected chi connectivity index (χ2v) is 3.50. The minimum Gasteiger partial charge on any atom is -0.399 e. The molecule has 0 aliphatic heterocycles. The van der Waals surface area contributed by atoms with Crippen molar-refractivity contribution in [2.75, 3.05) is 31.3 Å². The molecule has 3 N–H and O–H groups in total. The van der Waals surface area contributed by atoms with Gasteiger partial charge in [0.05, 0.1) is 6.54 Å². The molecule has 1 heterocycles. The maximum atomic E-state index is 11.1. The van der Waals surface area contributed by atoms with E-state index in [0.29, 0.717) is 16.7 Å². The van der Waals surface area contributed by atoms with Crippen molar-refractivity contribution in [3.05, 3.63) is 17.3 Å². The second-order valence-electron chi connectivity index (χ2n) is 3.11. The van der Waals surface area contributed by atoms with Gasteiger partial charge in [0.25, 0.3) is 0 Å². The third kappa shape index (κ3) is 3.28. The van der Waals surface area contributed by atoms with Gasteiger partial charge >= 0.3 is 0 Å². The first kappa shape index (κ1) is 11.6. The van der Waals surface area contributed by atoms with Gasteiger partial charge in [-0.1, -0.05) is 11.6 Å². The molecule has 1 aromatic rings. The molecule has 1 aromatic heterocycles. The molecule has 15 heavy (non-hydrogen) atoms. The molecule has 1 rings (SSSR count). The number of anilines is 2. The van der Waals surface area contributed by atoms with E-state index in [1.165, 1.54) is 0 Å². The van der Waals surface area contributed by atoms with E-state index in [1.807, 2.05) is 0 Å². The summed E-state index contributed by atoms with van der Waals surface area (Å²) in [4.78, 5) is 16.8. The molecule has 0 spiro atoms. The Morgan fingerprint density at radius 2 is 2.33 bits per heavy atom. The Balaban J connectivity index is 2.81. The average molecular weight is 229 g/mol. The molecule has 6 heteroatoms. The lowest BCUT2D eigenvalue weighted by Crippen LogP contribution is -2.33. The molecule has 0 aromatic carbocycles. The van der Waals surface area contributed by atoms with E-state index in [4.69, 9.17) is 17.3 Å². The van der Waals surface area contributed by atoms with Gasteiger partial charge in [-0.3, -0.25) is 4.79 Å². The van der Waals surface area contributed by atoms with Crippen molar-refractivity contribution in [3.8, 4) is 0 Å². The average Bonchev–Trinajstić information content (AvgIpc) is 2.16. The third-order valence-corrected chi connectivity index (χ3v) is 2.05. The first-order valence-electron chi connectivity index (χ1n) is 4.37. The summed E-state index contributed by atoms with van der Waals surface area (Å²) in [6.07, 6.45) is 0. The van der Waals surface area contributed by atoms with Gasteiger partial charge in [-0.2, -0.15) is 0 Å². The van der Waals surface area contributed by atoms with Crippen LogP contribution < -0.4 is 16.0 Å². The molecule has 0 fully saturated rings. The molecule has 0 bridgehead atoms. The summed E-state index contributed by atoms with van der Waals surface area (Å²) < 4.78 is 0. The Hall–Kier alpha value is -1.49. The van der Waals surface area contributed by atoms with Crippen LogP contribution in [0.4, 0.5) is 11.5 Å². The zero-order valence-electron chi connectivity index (χ0n) is 8.62. The molecule has 0 aliphatic carbocycles. The molecule has 0 saturated heterocycles. The van der Waals surface area contributed by atoms with Crippen LogP contribution in [0.2, 0.25) is 5.15 Å². The lowest BCUT2D eigenvalue weighted by atomic mass is 10.4. The van der Waals surface area contributed by atoms with Crippen molar-refractivity contribution >= 4 is 29.0 Å². The van der Waals surface area contributed by atoms with Crippen LogP contribution >= 0.6 is 11.6 Å². The van der Waals surface area contributed by atoms with E-state index in [9.17, 15) is 4.79 Å². The molecule has 0 saturated carbocycles. The predicted molar refractivity (Wildman–Crippen MR) is 61.0 cm³/mol. The highest BCUT2D eigenvalue weighted by Crippen LogP contribution is 2.18. The Labute approximate surface area is 93.2 Å². The van der Waals surface area contributed by atoms with Gasteiger partial charge in [0.2, 0.25) is 5.91 Å². The molecule has 82 valence electrons. The molecule has 0 atom stereocenters. The molecule has 1 amide bonds. The fourth-order valence-corrected chi connectivity index (χ4v) is 1.29. The van der Waals surface area contributed by atoms with Crippen LogP contribution in [-0.2, 0) is 4.79 Å². The Morgan fingerprint density at radius 1 is 1.67 bits per heavy atom. The Kier molecular flexibility index (Phi) is 3.74. The number of nitrogen functional groups attached to an aromatic ring is 1. The smallest absolute Gasteiger partial charge is 0.239 e. The maximum Gasteiger partial charge on any atom is 0.239 e. The number of nitrogens with zero attached hydrogens (tertiary/aromatic N) is 2. The van der Waals surface area contributed by atoms with Gasteiger partial charge in [-0.25, -0.2) is 4.98 Å². The SMILES string of the molecule is CNC(=O)CN(C)c1cc(N)cc(Cl)n1. The number of carbonyl (C=O) groups excluding carboxylic acids is 1. The highest BCUT2D eigenvalue weighted by Gasteiger charge is 2.08. The topological polar surface area (TPSA) is 71.2 Å². The van der Waals surface area contributed by atoms with Crippen LogP contribution in [-0.4, -0.2) is 31.5 Å². The van der Waals surface area contributed by atoms with E-state index in [2.05, 4.69) is 10.3 Å². The summed E-state index contributed by atoms with van der Waals surface area (Å²) in [5.74, 6) is 0.474. The lowest BCUT2D eigenvalue weighted by Gasteiger charge is -2.17. The normalized spacial score (nSPS) is 9.80. The number of halogens is 1. The van der Waals surface area contributed by atoms with Crippen molar-refractivity contribution in [2.45, 2.75) is 0 Å². The molecule has 0 unspecified atom stereocenters. The number of rotatable bonds is 3. The highest BCUT2D eigenvalue weighted by molar-refractivity contribution is 6.29. The summed E-state index contributed by atoms with van der Waals surface area (Å²) in [5, 5.41) is 2.84. The van der Waals surface area contributed by atoms with Crippen molar-refractivity contribution in [3.63, 3.8) is 0 Å². The largest absolute Gasteiger partial charge is 0.399 e. The maximum absolute atomic E-state index is 11.1. The van der Waals surface area contributed by atoms with Crippen molar-refractivity contribution in [1.29, 1.82) is 0 Å². The van der Waals surface area contributed by atoms with E-state index in [-0.39, 0.29) is 12.5 Å². The van der Waals surface area contributed by atoms with Crippen LogP contribution in [0.3, 0.4) is 0 Å². The van der Waals surface area contributed by atoms with Crippen LogP contribution in [0.15, 0.2) is 12.1 Å².